The van der Waals surface area contributed by atoms with E-state index >= 15 is 0 Å². The van der Waals surface area contributed by atoms with Crippen LogP contribution in [0.4, 0.5) is 5.69 Å². The van der Waals surface area contributed by atoms with E-state index in [0.29, 0.717) is 0 Å². The third-order valence-corrected chi connectivity index (χ3v) is 9.63. The first-order chi connectivity index (χ1) is 25.1. The number of benzene rings is 6. The molecule has 1 aliphatic rings. The van der Waals surface area contributed by atoms with Crippen LogP contribution in [-0.2, 0) is 0 Å². The molecule has 242 valence electrons. The molecule has 0 saturated carbocycles. The van der Waals surface area contributed by atoms with Crippen LogP contribution in [0.25, 0.3) is 67.1 Å². The summed E-state index contributed by atoms with van der Waals surface area (Å²) in [6, 6.07) is 48.6. The van der Waals surface area contributed by atoms with Crippen molar-refractivity contribution in [1.29, 1.82) is 10.8 Å². The van der Waals surface area contributed by atoms with Crippen molar-refractivity contribution in [2.75, 3.05) is 5.73 Å². The molecule has 6 aromatic carbocycles. The molecule has 0 fully saturated rings. The van der Waals surface area contributed by atoms with Crippen LogP contribution in [0.1, 0.15) is 11.1 Å². The molecule has 4 heterocycles. The number of anilines is 1. The van der Waals surface area contributed by atoms with Gasteiger partial charge in [-0.1, -0.05) is 72.8 Å². The van der Waals surface area contributed by atoms with Gasteiger partial charge in [-0.05, 0) is 78.9 Å². The Kier molecular flexibility index (Phi) is 6.13. The van der Waals surface area contributed by atoms with Gasteiger partial charge in [0.05, 0.1) is 61.3 Å². The summed E-state index contributed by atoms with van der Waals surface area (Å²) in [5.74, 6) is 1.72. The number of imidazole rings is 4. The standard InChI is InChI=1S/C23H15N5.C19H14N4/c24-16-13-21(14-7-1-2-8-15(14)22(16)25)28-20-12-6-5-11-19(20)27-18-10-4-3-9-17(18)26-23(27)28;20-13-9-11-14(12-10-13)22-17-7-3-4-8-18(17)23-16-6-2-1-5-15(16)21-19(22)23/h1-13,24-25H;1-12H,20H2. The number of nitrogens with zero attached hydrogens (tertiary/aromatic N) is 6. The largest absolute Gasteiger partial charge is 0.399 e. The summed E-state index contributed by atoms with van der Waals surface area (Å²) in [4.78, 5) is 9.75. The molecule has 0 spiro atoms. The van der Waals surface area contributed by atoms with Crippen molar-refractivity contribution in [2.24, 2.45) is 0 Å². The highest BCUT2D eigenvalue weighted by Gasteiger charge is 2.25. The lowest BCUT2D eigenvalue weighted by molar-refractivity contribution is 1.11. The Morgan fingerprint density at radius 3 is 1.49 bits per heavy atom. The van der Waals surface area contributed by atoms with E-state index in [4.69, 9.17) is 26.5 Å². The number of hydrogen-bond donors (Lipinski definition) is 3. The van der Waals surface area contributed by atoms with Gasteiger partial charge >= 0.3 is 0 Å². The summed E-state index contributed by atoms with van der Waals surface area (Å²) < 4.78 is 8.66. The molecule has 11 rings (SSSR count). The van der Waals surface area contributed by atoms with Crippen molar-refractivity contribution in [3.63, 3.8) is 0 Å². The summed E-state index contributed by atoms with van der Waals surface area (Å²) in [5.41, 5.74) is 19.2. The maximum absolute atomic E-state index is 8.34. The van der Waals surface area contributed by atoms with Crippen LogP contribution in [-0.4, -0.2) is 39.3 Å². The Labute approximate surface area is 290 Å². The highest BCUT2D eigenvalue weighted by atomic mass is 15.2. The minimum Gasteiger partial charge on any atom is -0.399 e. The summed E-state index contributed by atoms with van der Waals surface area (Å²) in [6.45, 7) is 0. The van der Waals surface area contributed by atoms with Gasteiger partial charge in [-0.3, -0.25) is 28.8 Å². The topological polar surface area (TPSA) is 118 Å². The summed E-state index contributed by atoms with van der Waals surface area (Å²) in [7, 11) is 0. The molecule has 0 radical (unpaired) electrons. The first-order valence-electron chi connectivity index (χ1n) is 16.7. The summed E-state index contributed by atoms with van der Waals surface area (Å²) in [5, 5.41) is 16.6. The predicted octanol–water partition coefficient (Wildman–Crippen LogP) is 8.75. The van der Waals surface area contributed by atoms with Gasteiger partial charge in [0.25, 0.3) is 0 Å². The van der Waals surface area contributed by atoms with E-state index in [9.17, 15) is 0 Å². The third-order valence-electron chi connectivity index (χ3n) is 9.63. The Hall–Kier alpha value is -7.26. The van der Waals surface area contributed by atoms with Crippen LogP contribution < -0.4 is 5.73 Å². The van der Waals surface area contributed by atoms with Crippen LogP contribution in [0.2, 0.25) is 0 Å². The molecule has 0 amide bonds. The maximum Gasteiger partial charge on any atom is 0.220 e. The highest BCUT2D eigenvalue weighted by molar-refractivity contribution is 6.52. The van der Waals surface area contributed by atoms with Gasteiger partial charge in [0, 0.05) is 22.5 Å². The lowest BCUT2D eigenvalue weighted by atomic mass is 9.91. The van der Waals surface area contributed by atoms with Gasteiger partial charge in [0.15, 0.2) is 0 Å². The first-order valence-corrected chi connectivity index (χ1v) is 16.7. The highest BCUT2D eigenvalue weighted by Crippen LogP contribution is 2.34. The van der Waals surface area contributed by atoms with E-state index in [1.807, 2.05) is 97.1 Å². The minimum absolute atomic E-state index is 0.209. The molecule has 0 atom stereocenters. The fourth-order valence-corrected chi connectivity index (χ4v) is 7.36. The number of rotatable bonds is 2. The van der Waals surface area contributed by atoms with Crippen molar-refractivity contribution in [1.82, 2.24) is 27.9 Å². The SMILES string of the molecule is N=C1C=C(n2c3ccccc3n3c4ccccc4nc23)c2ccccc2C1=N.Nc1ccc(-n2c3ccccc3n3c4ccccc4nc23)cc1. The molecule has 9 heteroatoms. The lowest BCUT2D eigenvalue weighted by Gasteiger charge is -2.20. The molecule has 0 saturated heterocycles. The molecule has 0 aliphatic heterocycles. The normalized spacial score (nSPS) is 13.0. The molecule has 51 heavy (non-hydrogen) atoms. The molecular weight excluding hydrogens is 631 g/mol. The van der Waals surface area contributed by atoms with E-state index < -0.39 is 0 Å². The zero-order valence-corrected chi connectivity index (χ0v) is 27.2. The van der Waals surface area contributed by atoms with Crippen LogP contribution in [0.3, 0.4) is 0 Å². The summed E-state index contributed by atoms with van der Waals surface area (Å²) in [6.07, 6.45) is 1.77. The molecule has 0 bridgehead atoms. The Bertz CT molecular complexity index is 3080. The van der Waals surface area contributed by atoms with Gasteiger partial charge in [-0.25, -0.2) is 9.97 Å². The molecule has 9 nitrogen and oxygen atoms in total. The van der Waals surface area contributed by atoms with Gasteiger partial charge in [-0.15, -0.1) is 0 Å². The van der Waals surface area contributed by atoms with Crippen molar-refractivity contribution in [3.05, 3.63) is 163 Å². The fraction of sp³-hybridized carbons (Fsp3) is 0. The Balaban J connectivity index is 0.000000131. The third kappa shape index (κ3) is 4.21. The molecule has 4 N–H and O–H groups in total. The zero-order valence-electron chi connectivity index (χ0n) is 27.2. The number of para-hydroxylation sites is 8. The van der Waals surface area contributed by atoms with Gasteiger partial charge in [0.1, 0.15) is 0 Å². The number of allylic oxidation sites excluding steroid dienone is 1. The number of fused-ring (bicyclic) bond motifs is 11. The number of nitrogens with one attached hydrogen (secondary N) is 2. The molecule has 4 aromatic heterocycles. The quantitative estimate of drug-likeness (QED) is 0.161. The smallest absolute Gasteiger partial charge is 0.220 e. The van der Waals surface area contributed by atoms with E-state index in [0.717, 1.165) is 83.9 Å². The lowest BCUT2D eigenvalue weighted by Crippen LogP contribution is -2.20. The van der Waals surface area contributed by atoms with Crippen molar-refractivity contribution >= 4 is 78.5 Å². The predicted molar refractivity (Wildman–Crippen MR) is 207 cm³/mol. The Morgan fingerprint density at radius 1 is 0.451 bits per heavy atom. The second-order valence-corrected chi connectivity index (χ2v) is 12.6. The Morgan fingerprint density at radius 2 is 0.902 bits per heavy atom. The second-order valence-electron chi connectivity index (χ2n) is 12.6. The van der Waals surface area contributed by atoms with Gasteiger partial charge in [0.2, 0.25) is 11.6 Å². The number of hydrogen-bond acceptors (Lipinski definition) is 5. The van der Waals surface area contributed by atoms with Crippen molar-refractivity contribution < 1.29 is 0 Å². The van der Waals surface area contributed by atoms with Crippen molar-refractivity contribution in [2.45, 2.75) is 0 Å². The summed E-state index contributed by atoms with van der Waals surface area (Å²) >= 11 is 0. The van der Waals surface area contributed by atoms with Gasteiger partial charge in [-0.2, -0.15) is 0 Å². The molecule has 10 aromatic rings. The van der Waals surface area contributed by atoms with E-state index in [2.05, 4.69) is 66.5 Å². The van der Waals surface area contributed by atoms with Crippen LogP contribution >= 0.6 is 0 Å². The van der Waals surface area contributed by atoms with Crippen LogP contribution in [0, 0.1) is 10.8 Å². The molecular formula is C42H29N9. The molecule has 0 unspecified atom stereocenters. The monoisotopic (exact) mass is 659 g/mol. The van der Waals surface area contributed by atoms with E-state index in [1.54, 1.807) is 6.08 Å². The van der Waals surface area contributed by atoms with E-state index in [1.165, 1.54) is 0 Å². The maximum atomic E-state index is 8.34. The fourth-order valence-electron chi connectivity index (χ4n) is 7.36. The average Bonchev–Trinajstić information content (AvgIpc) is 3.90. The van der Waals surface area contributed by atoms with Gasteiger partial charge < -0.3 is 5.73 Å². The minimum atomic E-state index is 0.209. The number of nitrogen functional groups attached to an aromatic ring is 1. The number of aromatic nitrogens is 6. The zero-order chi connectivity index (χ0) is 34.2. The average molecular weight is 660 g/mol. The van der Waals surface area contributed by atoms with Crippen molar-refractivity contribution in [3.8, 4) is 5.69 Å². The molecule has 1 aliphatic carbocycles. The van der Waals surface area contributed by atoms with Crippen LogP contribution in [0.5, 0.6) is 0 Å². The van der Waals surface area contributed by atoms with E-state index in [-0.39, 0.29) is 11.4 Å². The second kappa shape index (κ2) is 10.9. The number of nitrogens with two attached hydrogens (primary N) is 1. The van der Waals surface area contributed by atoms with Crippen LogP contribution in [0.15, 0.2) is 152 Å². The first kappa shape index (κ1) is 28.7.